The quantitative estimate of drug-likeness (QED) is 0.776. The van der Waals surface area contributed by atoms with Crippen LogP contribution in [0.4, 0.5) is 24.5 Å². The summed E-state index contributed by atoms with van der Waals surface area (Å²) in [6.07, 6.45) is -2.94. The van der Waals surface area contributed by atoms with Gasteiger partial charge in [-0.3, -0.25) is 0 Å². The molecule has 0 unspecified atom stereocenters. The van der Waals surface area contributed by atoms with E-state index in [1.165, 1.54) is 18.3 Å². The summed E-state index contributed by atoms with van der Waals surface area (Å²) >= 11 is 11.5. The summed E-state index contributed by atoms with van der Waals surface area (Å²) in [4.78, 5) is 3.79. The maximum Gasteiger partial charge on any atom is 0.416 e. The van der Waals surface area contributed by atoms with Crippen LogP contribution in [0.1, 0.15) is 5.56 Å². The van der Waals surface area contributed by atoms with E-state index in [2.05, 4.69) is 10.3 Å². The Balaban J connectivity index is 2.27. The van der Waals surface area contributed by atoms with Crippen LogP contribution >= 0.6 is 23.2 Å². The van der Waals surface area contributed by atoms with Gasteiger partial charge >= 0.3 is 6.18 Å². The minimum absolute atomic E-state index is 0.0252. The molecule has 1 heterocycles. The lowest BCUT2D eigenvalue weighted by Gasteiger charge is -2.11. The average Bonchev–Trinajstić information content (AvgIpc) is 2.30. The van der Waals surface area contributed by atoms with Gasteiger partial charge in [-0.25, -0.2) is 4.98 Å². The Hall–Kier alpha value is -1.46. The first kappa shape index (κ1) is 14.0. The molecule has 0 radical (unpaired) electrons. The molecule has 0 fully saturated rings. The van der Waals surface area contributed by atoms with Crippen molar-refractivity contribution in [2.45, 2.75) is 6.18 Å². The number of pyridine rings is 1. The highest BCUT2D eigenvalue weighted by atomic mass is 35.5. The van der Waals surface area contributed by atoms with Crippen molar-refractivity contribution in [2.75, 3.05) is 5.32 Å². The monoisotopic (exact) mass is 306 g/mol. The lowest BCUT2D eigenvalue weighted by atomic mass is 10.2. The van der Waals surface area contributed by atoms with Crippen molar-refractivity contribution >= 4 is 34.6 Å². The van der Waals surface area contributed by atoms with Gasteiger partial charge in [-0.15, -0.1) is 0 Å². The zero-order valence-electron chi connectivity index (χ0n) is 9.30. The van der Waals surface area contributed by atoms with Gasteiger partial charge in [0, 0.05) is 11.9 Å². The second kappa shape index (κ2) is 5.27. The molecule has 0 aliphatic rings. The van der Waals surface area contributed by atoms with Crippen LogP contribution in [-0.2, 0) is 6.18 Å². The predicted octanol–water partition coefficient (Wildman–Crippen LogP) is 5.15. The zero-order valence-corrected chi connectivity index (χ0v) is 10.8. The third kappa shape index (κ3) is 3.52. The Labute approximate surface area is 117 Å². The molecular formula is C12H7Cl2F3N2. The molecular weight excluding hydrogens is 300 g/mol. The number of aromatic nitrogens is 1. The van der Waals surface area contributed by atoms with Crippen molar-refractivity contribution in [1.29, 1.82) is 0 Å². The fraction of sp³-hybridized carbons (Fsp3) is 0.0833. The van der Waals surface area contributed by atoms with Gasteiger partial charge in [0.25, 0.3) is 0 Å². The van der Waals surface area contributed by atoms with Crippen molar-refractivity contribution < 1.29 is 13.2 Å². The molecule has 1 aromatic carbocycles. The molecule has 100 valence electrons. The maximum atomic E-state index is 12.5. The Bertz CT molecular complexity index is 600. The average molecular weight is 307 g/mol. The Morgan fingerprint density at radius 2 is 1.79 bits per heavy atom. The number of nitrogens with zero attached hydrogens (tertiary/aromatic N) is 1. The van der Waals surface area contributed by atoms with E-state index in [1.54, 1.807) is 6.07 Å². The molecule has 0 bridgehead atoms. The minimum Gasteiger partial charge on any atom is -0.354 e. The van der Waals surface area contributed by atoms with E-state index < -0.39 is 11.7 Å². The van der Waals surface area contributed by atoms with Gasteiger partial charge < -0.3 is 5.32 Å². The van der Waals surface area contributed by atoms with E-state index in [-0.39, 0.29) is 10.2 Å². The number of alkyl halides is 3. The van der Waals surface area contributed by atoms with Crippen LogP contribution < -0.4 is 5.32 Å². The van der Waals surface area contributed by atoms with Crippen molar-refractivity contribution in [2.24, 2.45) is 0 Å². The second-order valence-corrected chi connectivity index (χ2v) is 4.48. The van der Waals surface area contributed by atoms with E-state index >= 15 is 0 Å². The van der Waals surface area contributed by atoms with E-state index in [1.807, 2.05) is 0 Å². The molecule has 2 nitrogen and oxygen atoms in total. The van der Waals surface area contributed by atoms with E-state index in [9.17, 15) is 13.2 Å². The summed E-state index contributed by atoms with van der Waals surface area (Å²) in [5.41, 5.74) is 0.148. The van der Waals surface area contributed by atoms with Crippen LogP contribution in [0.25, 0.3) is 0 Å². The predicted molar refractivity (Wildman–Crippen MR) is 69.0 cm³/mol. The van der Waals surface area contributed by atoms with E-state index in [4.69, 9.17) is 23.2 Å². The van der Waals surface area contributed by atoms with Crippen LogP contribution in [0.2, 0.25) is 10.2 Å². The lowest BCUT2D eigenvalue weighted by molar-refractivity contribution is -0.137. The molecule has 2 rings (SSSR count). The van der Waals surface area contributed by atoms with Gasteiger partial charge in [0.15, 0.2) is 0 Å². The lowest BCUT2D eigenvalue weighted by Crippen LogP contribution is -2.05. The molecule has 0 aliphatic carbocycles. The van der Waals surface area contributed by atoms with Crippen molar-refractivity contribution in [3.8, 4) is 0 Å². The molecule has 1 N–H and O–H groups in total. The number of halogens is 5. The molecule has 2 aromatic rings. The van der Waals surface area contributed by atoms with Gasteiger partial charge in [0.05, 0.1) is 16.3 Å². The summed E-state index contributed by atoms with van der Waals surface area (Å²) in [7, 11) is 0. The largest absolute Gasteiger partial charge is 0.416 e. The van der Waals surface area contributed by atoms with Gasteiger partial charge in [-0.1, -0.05) is 23.2 Å². The van der Waals surface area contributed by atoms with Crippen molar-refractivity contribution in [3.63, 3.8) is 0 Å². The summed E-state index contributed by atoms with van der Waals surface area (Å²) < 4.78 is 37.4. The topological polar surface area (TPSA) is 24.9 Å². The number of hydrogen-bond donors (Lipinski definition) is 1. The van der Waals surface area contributed by atoms with Crippen LogP contribution in [-0.4, -0.2) is 4.98 Å². The molecule has 0 saturated heterocycles. The number of rotatable bonds is 2. The zero-order chi connectivity index (χ0) is 14.0. The first-order chi connectivity index (χ1) is 8.86. The van der Waals surface area contributed by atoms with E-state index in [0.717, 1.165) is 12.1 Å². The highest BCUT2D eigenvalue weighted by Gasteiger charge is 2.30. The fourth-order valence-corrected chi connectivity index (χ4v) is 1.83. The second-order valence-electron chi connectivity index (χ2n) is 3.68. The molecule has 1 aromatic heterocycles. The van der Waals surface area contributed by atoms with Crippen LogP contribution in [0.15, 0.2) is 36.5 Å². The van der Waals surface area contributed by atoms with E-state index in [0.29, 0.717) is 11.4 Å². The number of benzene rings is 1. The molecule has 0 saturated carbocycles. The fourth-order valence-electron chi connectivity index (χ4n) is 1.43. The normalized spacial score (nSPS) is 11.4. The SMILES string of the molecule is FC(F)(F)c1ccc(Nc2ccnc(Cl)c2)c(Cl)c1. The van der Waals surface area contributed by atoms with Crippen LogP contribution in [0.3, 0.4) is 0 Å². The maximum absolute atomic E-state index is 12.5. The molecule has 0 atom stereocenters. The molecule has 19 heavy (non-hydrogen) atoms. The van der Waals surface area contributed by atoms with Crippen molar-refractivity contribution in [1.82, 2.24) is 4.98 Å². The Kier molecular flexibility index (Phi) is 3.87. The first-order valence-corrected chi connectivity index (χ1v) is 5.87. The number of hydrogen-bond acceptors (Lipinski definition) is 2. The van der Waals surface area contributed by atoms with Crippen LogP contribution in [0.5, 0.6) is 0 Å². The highest BCUT2D eigenvalue weighted by molar-refractivity contribution is 6.33. The molecule has 7 heteroatoms. The summed E-state index contributed by atoms with van der Waals surface area (Å²) in [5.74, 6) is 0. The Morgan fingerprint density at radius 1 is 1.05 bits per heavy atom. The highest BCUT2D eigenvalue weighted by Crippen LogP contribution is 2.34. The van der Waals surface area contributed by atoms with Crippen LogP contribution in [0, 0.1) is 0 Å². The third-order valence-corrected chi connectivity index (χ3v) is 2.82. The van der Waals surface area contributed by atoms with Gasteiger partial charge in [-0.2, -0.15) is 13.2 Å². The number of nitrogens with one attached hydrogen (secondary N) is 1. The molecule has 0 amide bonds. The summed E-state index contributed by atoms with van der Waals surface area (Å²) in [6, 6.07) is 6.25. The standard InChI is InChI=1S/C12H7Cl2F3N2/c13-9-5-7(12(15,16)17)1-2-10(9)19-8-3-4-18-11(14)6-8/h1-6H,(H,18,19). The minimum atomic E-state index is -4.41. The number of anilines is 2. The third-order valence-electron chi connectivity index (χ3n) is 2.30. The smallest absolute Gasteiger partial charge is 0.354 e. The van der Waals surface area contributed by atoms with Gasteiger partial charge in [-0.05, 0) is 30.3 Å². The molecule has 0 spiro atoms. The summed E-state index contributed by atoms with van der Waals surface area (Å²) in [6.45, 7) is 0. The van der Waals surface area contributed by atoms with Gasteiger partial charge in [0.2, 0.25) is 0 Å². The Morgan fingerprint density at radius 3 is 2.37 bits per heavy atom. The first-order valence-electron chi connectivity index (χ1n) is 5.11. The van der Waals surface area contributed by atoms with Gasteiger partial charge in [0.1, 0.15) is 5.15 Å². The van der Waals surface area contributed by atoms with Crippen molar-refractivity contribution in [3.05, 3.63) is 52.3 Å². The summed E-state index contributed by atoms with van der Waals surface area (Å²) in [5, 5.41) is 3.11. The molecule has 0 aliphatic heterocycles.